The minimum Gasteiger partial charge on any atom is -0.489 e. The summed E-state index contributed by atoms with van der Waals surface area (Å²) in [6, 6.07) is 7.66. The number of piperidine rings is 1. The number of hydrogen-bond donors (Lipinski definition) is 1. The molecular formula is C15H24Cl2N2O. The molecule has 0 aliphatic carbocycles. The van der Waals surface area contributed by atoms with Crippen LogP contribution < -0.4 is 10.5 Å². The lowest BCUT2D eigenvalue weighted by Crippen LogP contribution is -2.49. The van der Waals surface area contributed by atoms with E-state index < -0.39 is 0 Å². The van der Waals surface area contributed by atoms with Crippen molar-refractivity contribution in [1.82, 2.24) is 4.90 Å². The zero-order valence-corrected chi connectivity index (χ0v) is 13.7. The standard InChI is InChI=1S/C15H23ClN2O.ClH/c1-15(2,17)11-18-9-7-12(8-10-18)19-14-6-4-3-5-13(14)16;/h3-6,12H,7-11,17H2,1-2H3;1H. The summed E-state index contributed by atoms with van der Waals surface area (Å²) in [5, 5.41) is 0.688. The number of benzene rings is 1. The molecular weight excluding hydrogens is 295 g/mol. The Hall–Kier alpha value is -0.480. The molecule has 0 radical (unpaired) electrons. The predicted octanol–water partition coefficient (Wildman–Crippen LogP) is 3.34. The molecule has 20 heavy (non-hydrogen) atoms. The quantitative estimate of drug-likeness (QED) is 0.925. The molecule has 0 aromatic heterocycles. The molecule has 1 aliphatic rings. The van der Waals surface area contributed by atoms with E-state index in [0.29, 0.717) is 5.02 Å². The van der Waals surface area contributed by atoms with E-state index in [2.05, 4.69) is 18.7 Å². The molecule has 2 rings (SSSR count). The van der Waals surface area contributed by atoms with E-state index in [1.807, 2.05) is 24.3 Å². The minimum absolute atomic E-state index is 0. The van der Waals surface area contributed by atoms with Crippen LogP contribution in [-0.2, 0) is 0 Å². The molecule has 1 fully saturated rings. The van der Waals surface area contributed by atoms with Gasteiger partial charge in [0.15, 0.2) is 0 Å². The Labute approximate surface area is 132 Å². The first-order chi connectivity index (χ1) is 8.94. The maximum atomic E-state index is 6.11. The van der Waals surface area contributed by atoms with Crippen molar-refractivity contribution in [2.45, 2.75) is 38.3 Å². The molecule has 0 spiro atoms. The van der Waals surface area contributed by atoms with Gasteiger partial charge in [0.05, 0.1) is 5.02 Å². The van der Waals surface area contributed by atoms with E-state index in [1.165, 1.54) is 0 Å². The highest BCUT2D eigenvalue weighted by atomic mass is 35.5. The Morgan fingerprint density at radius 3 is 2.45 bits per heavy atom. The summed E-state index contributed by atoms with van der Waals surface area (Å²) in [6.45, 7) is 7.15. The lowest BCUT2D eigenvalue weighted by molar-refractivity contribution is 0.0904. The fraction of sp³-hybridized carbons (Fsp3) is 0.600. The van der Waals surface area contributed by atoms with Crippen LogP contribution in [0, 0.1) is 0 Å². The van der Waals surface area contributed by atoms with Gasteiger partial charge < -0.3 is 15.4 Å². The van der Waals surface area contributed by atoms with Crippen molar-refractivity contribution in [2.24, 2.45) is 5.73 Å². The number of nitrogens with two attached hydrogens (primary N) is 1. The Morgan fingerprint density at radius 2 is 1.90 bits per heavy atom. The van der Waals surface area contributed by atoms with Gasteiger partial charge in [-0.15, -0.1) is 12.4 Å². The summed E-state index contributed by atoms with van der Waals surface area (Å²) in [7, 11) is 0. The van der Waals surface area contributed by atoms with Crippen molar-refractivity contribution in [2.75, 3.05) is 19.6 Å². The average molecular weight is 319 g/mol. The number of rotatable bonds is 4. The van der Waals surface area contributed by atoms with Gasteiger partial charge in [-0.1, -0.05) is 23.7 Å². The van der Waals surface area contributed by atoms with Crippen molar-refractivity contribution in [3.8, 4) is 5.75 Å². The van der Waals surface area contributed by atoms with Gasteiger partial charge in [-0.05, 0) is 38.8 Å². The second kappa shape index (κ2) is 7.51. The van der Waals surface area contributed by atoms with E-state index in [4.69, 9.17) is 22.1 Å². The van der Waals surface area contributed by atoms with Crippen LogP contribution in [0.1, 0.15) is 26.7 Å². The molecule has 0 saturated carbocycles. The van der Waals surface area contributed by atoms with Crippen LogP contribution in [0.25, 0.3) is 0 Å². The molecule has 0 atom stereocenters. The van der Waals surface area contributed by atoms with Crippen LogP contribution in [0.2, 0.25) is 5.02 Å². The lowest BCUT2D eigenvalue weighted by Gasteiger charge is -2.35. The fourth-order valence-corrected chi connectivity index (χ4v) is 2.66. The second-order valence-corrected chi connectivity index (χ2v) is 6.42. The van der Waals surface area contributed by atoms with Crippen molar-refractivity contribution in [3.63, 3.8) is 0 Å². The molecule has 0 unspecified atom stereocenters. The van der Waals surface area contributed by atoms with Crippen LogP contribution >= 0.6 is 24.0 Å². The van der Waals surface area contributed by atoms with Gasteiger partial charge in [-0.2, -0.15) is 0 Å². The highest BCUT2D eigenvalue weighted by molar-refractivity contribution is 6.32. The Balaban J connectivity index is 0.00000200. The lowest BCUT2D eigenvalue weighted by atomic mass is 10.0. The normalized spacial score (nSPS) is 17.6. The zero-order valence-electron chi connectivity index (χ0n) is 12.1. The highest BCUT2D eigenvalue weighted by Crippen LogP contribution is 2.26. The zero-order chi connectivity index (χ0) is 13.9. The van der Waals surface area contributed by atoms with E-state index in [9.17, 15) is 0 Å². The Morgan fingerprint density at radius 1 is 1.30 bits per heavy atom. The SMILES string of the molecule is CC(C)(N)CN1CCC(Oc2ccccc2Cl)CC1.Cl. The number of hydrogen-bond acceptors (Lipinski definition) is 3. The van der Waals surface area contributed by atoms with Crippen LogP contribution in [0.4, 0.5) is 0 Å². The summed E-state index contributed by atoms with van der Waals surface area (Å²) < 4.78 is 5.97. The number of halogens is 2. The molecule has 3 nitrogen and oxygen atoms in total. The number of likely N-dealkylation sites (tertiary alicyclic amines) is 1. The number of para-hydroxylation sites is 1. The molecule has 0 bridgehead atoms. The number of ether oxygens (including phenoxy) is 1. The first-order valence-electron chi connectivity index (χ1n) is 6.86. The fourth-order valence-electron chi connectivity index (χ4n) is 2.48. The maximum absolute atomic E-state index is 6.11. The van der Waals surface area contributed by atoms with Gasteiger partial charge in [0.1, 0.15) is 11.9 Å². The third kappa shape index (κ3) is 5.49. The van der Waals surface area contributed by atoms with Gasteiger partial charge >= 0.3 is 0 Å². The largest absolute Gasteiger partial charge is 0.489 e. The van der Waals surface area contributed by atoms with Gasteiger partial charge in [0.2, 0.25) is 0 Å². The maximum Gasteiger partial charge on any atom is 0.138 e. The monoisotopic (exact) mass is 318 g/mol. The topological polar surface area (TPSA) is 38.5 Å². The summed E-state index contributed by atoms with van der Waals surface area (Å²) >= 11 is 6.11. The first kappa shape index (κ1) is 17.6. The molecule has 2 N–H and O–H groups in total. The van der Waals surface area contributed by atoms with Crippen LogP contribution in [0.3, 0.4) is 0 Å². The molecule has 1 aromatic rings. The molecule has 1 aliphatic heterocycles. The van der Waals surface area contributed by atoms with Crippen molar-refractivity contribution >= 4 is 24.0 Å². The Kier molecular flexibility index (Phi) is 6.59. The van der Waals surface area contributed by atoms with Gasteiger partial charge in [0.25, 0.3) is 0 Å². The Bertz CT molecular complexity index is 413. The summed E-state index contributed by atoms with van der Waals surface area (Å²) in [5.74, 6) is 0.793. The van der Waals surface area contributed by atoms with Crippen molar-refractivity contribution in [3.05, 3.63) is 29.3 Å². The molecule has 0 amide bonds. The van der Waals surface area contributed by atoms with Crippen LogP contribution in [0.15, 0.2) is 24.3 Å². The van der Waals surface area contributed by atoms with Crippen molar-refractivity contribution < 1.29 is 4.74 Å². The van der Waals surface area contributed by atoms with Gasteiger partial charge in [-0.25, -0.2) is 0 Å². The minimum atomic E-state index is -0.129. The van der Waals surface area contributed by atoms with Gasteiger partial charge in [-0.3, -0.25) is 0 Å². The smallest absolute Gasteiger partial charge is 0.138 e. The third-order valence-corrected chi connectivity index (χ3v) is 3.61. The number of nitrogens with zero attached hydrogens (tertiary/aromatic N) is 1. The predicted molar refractivity (Wildman–Crippen MR) is 87.1 cm³/mol. The van der Waals surface area contributed by atoms with Crippen LogP contribution in [-0.4, -0.2) is 36.2 Å². The molecule has 1 aromatic carbocycles. The molecule has 1 heterocycles. The summed E-state index contributed by atoms with van der Waals surface area (Å²) in [5.41, 5.74) is 5.93. The summed E-state index contributed by atoms with van der Waals surface area (Å²) in [4.78, 5) is 2.41. The molecule has 5 heteroatoms. The van der Waals surface area contributed by atoms with Crippen LogP contribution in [0.5, 0.6) is 5.75 Å². The van der Waals surface area contributed by atoms with E-state index in [0.717, 1.165) is 38.2 Å². The third-order valence-electron chi connectivity index (χ3n) is 3.30. The van der Waals surface area contributed by atoms with E-state index in [-0.39, 0.29) is 24.0 Å². The van der Waals surface area contributed by atoms with Gasteiger partial charge in [0, 0.05) is 25.2 Å². The molecule has 114 valence electrons. The first-order valence-corrected chi connectivity index (χ1v) is 7.24. The second-order valence-electron chi connectivity index (χ2n) is 6.01. The highest BCUT2D eigenvalue weighted by Gasteiger charge is 2.24. The average Bonchev–Trinajstić information content (AvgIpc) is 2.33. The molecule has 1 saturated heterocycles. The summed E-state index contributed by atoms with van der Waals surface area (Å²) in [6.07, 6.45) is 2.32. The van der Waals surface area contributed by atoms with E-state index in [1.54, 1.807) is 0 Å². The van der Waals surface area contributed by atoms with Crippen molar-refractivity contribution in [1.29, 1.82) is 0 Å². The van der Waals surface area contributed by atoms with E-state index >= 15 is 0 Å².